The van der Waals surface area contributed by atoms with Gasteiger partial charge in [0.1, 0.15) is 11.6 Å². The molecule has 0 N–H and O–H groups in total. The Labute approximate surface area is 137 Å². The fourth-order valence-electron chi connectivity index (χ4n) is 3.04. The molecular weight excluding hydrogens is 357 g/mol. The Kier molecular flexibility index (Phi) is 4.52. The van der Waals surface area contributed by atoms with E-state index in [2.05, 4.69) is 37.3 Å². The maximum atomic E-state index is 13.7. The second-order valence-electron chi connectivity index (χ2n) is 5.62. The first-order valence-corrected chi connectivity index (χ1v) is 8.57. The summed E-state index contributed by atoms with van der Waals surface area (Å²) in [6.07, 6.45) is 2.54. The molecule has 3 rings (SSSR count). The number of hydrogen-bond acceptors (Lipinski definition) is 2. The van der Waals surface area contributed by atoms with Gasteiger partial charge in [0.25, 0.3) is 0 Å². The number of imidazole rings is 1. The molecule has 0 spiro atoms. The molecule has 1 aromatic carbocycles. The van der Waals surface area contributed by atoms with E-state index in [1.807, 2.05) is 0 Å². The first kappa shape index (κ1) is 15.3. The van der Waals surface area contributed by atoms with Crippen LogP contribution in [0, 0.1) is 5.82 Å². The Morgan fingerprint density at radius 2 is 2.10 bits per heavy atom. The average Bonchev–Trinajstić information content (AvgIpc) is 3.09. The van der Waals surface area contributed by atoms with Crippen LogP contribution in [0.15, 0.2) is 16.6 Å². The number of aromatic nitrogens is 2. The number of rotatable bonds is 4. The fraction of sp³-hybridized carbons (Fsp3) is 0.533. The molecule has 1 aromatic heterocycles. The third-order valence-corrected chi connectivity index (χ3v) is 5.05. The number of likely N-dealkylation sites (tertiary alicyclic amines) is 1. The smallest absolute Gasteiger partial charge is 0.139 e. The Morgan fingerprint density at radius 3 is 2.76 bits per heavy atom. The van der Waals surface area contributed by atoms with Crippen molar-refractivity contribution in [1.29, 1.82) is 0 Å². The topological polar surface area (TPSA) is 21.1 Å². The standard InChI is InChI=1S/C15H18BrClFN3/c1-10(20-4-2-3-5-20)9-21-14-6-11(16)12(18)7-13(14)19-15(21)8-17/h6-7,10H,2-5,8-9H2,1H3. The van der Waals surface area contributed by atoms with Gasteiger partial charge < -0.3 is 4.57 Å². The Balaban J connectivity index is 1.97. The lowest BCUT2D eigenvalue weighted by molar-refractivity contribution is 0.236. The summed E-state index contributed by atoms with van der Waals surface area (Å²) < 4.78 is 16.2. The van der Waals surface area contributed by atoms with Gasteiger partial charge in [-0.15, -0.1) is 11.6 Å². The van der Waals surface area contributed by atoms with Gasteiger partial charge in [0.05, 0.1) is 21.4 Å². The summed E-state index contributed by atoms with van der Waals surface area (Å²) in [5.74, 6) is 0.844. The highest BCUT2D eigenvalue weighted by Gasteiger charge is 2.21. The number of benzene rings is 1. The van der Waals surface area contributed by atoms with Gasteiger partial charge in [0, 0.05) is 18.7 Å². The molecule has 1 aliphatic heterocycles. The van der Waals surface area contributed by atoms with Crippen molar-refractivity contribution in [2.75, 3.05) is 13.1 Å². The molecule has 0 radical (unpaired) electrons. The van der Waals surface area contributed by atoms with Crippen LogP contribution < -0.4 is 0 Å². The highest BCUT2D eigenvalue weighted by Crippen LogP contribution is 2.26. The fourth-order valence-corrected chi connectivity index (χ4v) is 3.57. The molecule has 3 nitrogen and oxygen atoms in total. The van der Waals surface area contributed by atoms with E-state index < -0.39 is 0 Å². The van der Waals surface area contributed by atoms with Gasteiger partial charge in [-0.25, -0.2) is 9.37 Å². The van der Waals surface area contributed by atoms with Crippen molar-refractivity contribution in [3.05, 3.63) is 28.2 Å². The molecule has 0 bridgehead atoms. The number of fused-ring (bicyclic) bond motifs is 1. The van der Waals surface area contributed by atoms with Crippen molar-refractivity contribution in [2.45, 2.75) is 38.2 Å². The van der Waals surface area contributed by atoms with Crippen LogP contribution in [0.2, 0.25) is 0 Å². The maximum Gasteiger partial charge on any atom is 0.139 e. The first-order valence-electron chi connectivity index (χ1n) is 7.24. The van der Waals surface area contributed by atoms with Crippen molar-refractivity contribution in [2.24, 2.45) is 0 Å². The minimum atomic E-state index is -0.291. The molecule has 2 aromatic rings. The molecule has 2 heterocycles. The average molecular weight is 375 g/mol. The SMILES string of the molecule is CC(Cn1c(CCl)nc2cc(F)c(Br)cc21)N1CCCC1. The first-order chi connectivity index (χ1) is 10.1. The van der Waals surface area contributed by atoms with Gasteiger partial charge in [-0.3, -0.25) is 4.90 Å². The van der Waals surface area contributed by atoms with Crippen LogP contribution in [-0.2, 0) is 12.4 Å². The summed E-state index contributed by atoms with van der Waals surface area (Å²) >= 11 is 9.28. The second-order valence-corrected chi connectivity index (χ2v) is 6.74. The largest absolute Gasteiger partial charge is 0.325 e. The zero-order valence-electron chi connectivity index (χ0n) is 12.0. The number of halogens is 3. The predicted molar refractivity (Wildman–Crippen MR) is 87.2 cm³/mol. The van der Waals surface area contributed by atoms with Crippen LogP contribution in [0.25, 0.3) is 11.0 Å². The minimum Gasteiger partial charge on any atom is -0.325 e. The number of alkyl halides is 1. The van der Waals surface area contributed by atoms with Crippen LogP contribution >= 0.6 is 27.5 Å². The molecule has 0 saturated carbocycles. The van der Waals surface area contributed by atoms with Crippen molar-refractivity contribution >= 4 is 38.6 Å². The summed E-state index contributed by atoms with van der Waals surface area (Å²) in [6.45, 7) is 5.37. The van der Waals surface area contributed by atoms with E-state index in [4.69, 9.17) is 11.6 Å². The summed E-state index contributed by atoms with van der Waals surface area (Å²) in [5, 5.41) is 0. The summed E-state index contributed by atoms with van der Waals surface area (Å²) in [6, 6.07) is 3.69. The van der Waals surface area contributed by atoms with E-state index in [0.717, 1.165) is 31.0 Å². The normalized spacial score (nSPS) is 17.7. The number of hydrogen-bond donors (Lipinski definition) is 0. The lowest BCUT2D eigenvalue weighted by atomic mass is 10.2. The van der Waals surface area contributed by atoms with Gasteiger partial charge >= 0.3 is 0 Å². The van der Waals surface area contributed by atoms with Gasteiger partial charge in [-0.2, -0.15) is 0 Å². The maximum absolute atomic E-state index is 13.7. The molecule has 1 aliphatic rings. The van der Waals surface area contributed by atoms with Crippen molar-refractivity contribution < 1.29 is 4.39 Å². The second kappa shape index (κ2) is 6.23. The molecular formula is C15H18BrClFN3. The lowest BCUT2D eigenvalue weighted by Crippen LogP contribution is -2.34. The summed E-state index contributed by atoms with van der Waals surface area (Å²) in [7, 11) is 0. The summed E-state index contributed by atoms with van der Waals surface area (Å²) in [5.41, 5.74) is 1.60. The van der Waals surface area contributed by atoms with Crippen molar-refractivity contribution in [1.82, 2.24) is 14.5 Å². The van der Waals surface area contributed by atoms with Gasteiger partial charge in [-0.05, 0) is 54.9 Å². The van der Waals surface area contributed by atoms with Crippen LogP contribution in [0.3, 0.4) is 0 Å². The molecule has 6 heteroatoms. The molecule has 1 fully saturated rings. The van der Waals surface area contributed by atoms with Gasteiger partial charge in [0.2, 0.25) is 0 Å². The molecule has 0 aliphatic carbocycles. The van der Waals surface area contributed by atoms with E-state index in [0.29, 0.717) is 21.9 Å². The third kappa shape index (κ3) is 2.96. The number of nitrogens with zero attached hydrogens (tertiary/aromatic N) is 3. The minimum absolute atomic E-state index is 0.291. The van der Waals surface area contributed by atoms with Crippen molar-refractivity contribution in [3.8, 4) is 0 Å². The highest BCUT2D eigenvalue weighted by atomic mass is 79.9. The predicted octanol–water partition coefficient (Wildman–Crippen LogP) is 4.16. The highest BCUT2D eigenvalue weighted by molar-refractivity contribution is 9.10. The van der Waals surface area contributed by atoms with Crippen LogP contribution in [0.1, 0.15) is 25.6 Å². The molecule has 114 valence electrons. The van der Waals surface area contributed by atoms with E-state index in [1.54, 1.807) is 6.07 Å². The summed E-state index contributed by atoms with van der Waals surface area (Å²) in [4.78, 5) is 6.95. The van der Waals surface area contributed by atoms with Gasteiger partial charge in [-0.1, -0.05) is 0 Å². The van der Waals surface area contributed by atoms with E-state index in [9.17, 15) is 4.39 Å². The zero-order chi connectivity index (χ0) is 15.0. The lowest BCUT2D eigenvalue weighted by Gasteiger charge is -2.25. The molecule has 21 heavy (non-hydrogen) atoms. The van der Waals surface area contributed by atoms with Crippen LogP contribution in [-0.4, -0.2) is 33.6 Å². The molecule has 1 unspecified atom stereocenters. The Bertz CT molecular complexity index is 652. The molecule has 0 amide bonds. The Hall–Kier alpha value is -0.650. The third-order valence-electron chi connectivity index (χ3n) is 4.20. The van der Waals surface area contributed by atoms with Crippen molar-refractivity contribution in [3.63, 3.8) is 0 Å². The molecule has 1 saturated heterocycles. The Morgan fingerprint density at radius 1 is 1.38 bits per heavy atom. The van der Waals surface area contributed by atoms with E-state index in [-0.39, 0.29) is 5.82 Å². The quantitative estimate of drug-likeness (QED) is 0.749. The van der Waals surface area contributed by atoms with Crippen LogP contribution in [0.4, 0.5) is 4.39 Å². The zero-order valence-corrected chi connectivity index (χ0v) is 14.3. The van der Waals surface area contributed by atoms with E-state index >= 15 is 0 Å². The van der Waals surface area contributed by atoms with E-state index in [1.165, 1.54) is 18.9 Å². The van der Waals surface area contributed by atoms with Gasteiger partial charge in [0.15, 0.2) is 0 Å². The monoisotopic (exact) mass is 373 g/mol. The molecule has 1 atom stereocenters. The van der Waals surface area contributed by atoms with Crippen LogP contribution in [0.5, 0.6) is 0 Å².